The van der Waals surface area contributed by atoms with Gasteiger partial charge in [0.1, 0.15) is 5.54 Å². The van der Waals surface area contributed by atoms with Gasteiger partial charge in [-0.15, -0.1) is 0 Å². The topological polar surface area (TPSA) is 52.3 Å². The van der Waals surface area contributed by atoms with Gasteiger partial charge < -0.3 is 10.5 Å². The minimum absolute atomic E-state index is 0.0316. The van der Waals surface area contributed by atoms with Crippen LogP contribution in [0.15, 0.2) is 0 Å². The summed E-state index contributed by atoms with van der Waals surface area (Å²) in [4.78, 5) is 11.2. The number of hydrogen-bond donors (Lipinski definition) is 1. The minimum Gasteiger partial charge on any atom is -0.468 e. The first-order valence-corrected chi connectivity index (χ1v) is 4.73. The summed E-state index contributed by atoms with van der Waals surface area (Å²) in [7, 11) is 1.19. The molecule has 0 aliphatic heterocycles. The van der Waals surface area contributed by atoms with Crippen molar-refractivity contribution in [2.45, 2.75) is 37.4 Å². The van der Waals surface area contributed by atoms with E-state index in [1.807, 2.05) is 0 Å². The molecule has 0 radical (unpaired) electrons. The van der Waals surface area contributed by atoms with Gasteiger partial charge in [0.2, 0.25) is 0 Å². The van der Waals surface area contributed by atoms with E-state index in [1.165, 1.54) is 7.11 Å². The third-order valence-electron chi connectivity index (χ3n) is 2.93. The summed E-state index contributed by atoms with van der Waals surface area (Å²) >= 11 is 0. The average molecular weight is 225 g/mol. The highest BCUT2D eigenvalue weighted by molar-refractivity contribution is 5.80. The molecule has 1 fully saturated rings. The maximum atomic E-state index is 12.3. The number of rotatable bonds is 1. The number of methoxy groups -OCH3 is 1. The quantitative estimate of drug-likeness (QED) is 0.690. The largest absolute Gasteiger partial charge is 0.468 e. The van der Waals surface area contributed by atoms with Gasteiger partial charge in [0.15, 0.2) is 0 Å². The van der Waals surface area contributed by atoms with Crippen molar-refractivity contribution < 1.29 is 22.7 Å². The monoisotopic (exact) mass is 225 g/mol. The summed E-state index contributed by atoms with van der Waals surface area (Å²) in [5.74, 6) is -1.96. The number of carbonyl (C=O) groups excluding carboxylic acids is 1. The van der Waals surface area contributed by atoms with Crippen molar-refractivity contribution in [1.29, 1.82) is 0 Å². The van der Waals surface area contributed by atoms with Crippen LogP contribution in [-0.2, 0) is 9.53 Å². The standard InChI is InChI=1S/C9H14F3NO2/c1-15-7(14)8(13)4-2-6(3-5-8)9(10,11)12/h6H,2-5,13H2,1H3. The molecular weight excluding hydrogens is 211 g/mol. The van der Waals surface area contributed by atoms with Crippen molar-refractivity contribution in [3.8, 4) is 0 Å². The Bertz CT molecular complexity index is 244. The third-order valence-corrected chi connectivity index (χ3v) is 2.93. The van der Waals surface area contributed by atoms with Crippen LogP contribution in [0.3, 0.4) is 0 Å². The lowest BCUT2D eigenvalue weighted by atomic mass is 9.77. The second kappa shape index (κ2) is 4.00. The molecule has 3 nitrogen and oxygen atoms in total. The molecule has 6 heteroatoms. The number of halogens is 3. The molecule has 0 aromatic carbocycles. The van der Waals surface area contributed by atoms with Crippen molar-refractivity contribution in [2.75, 3.05) is 7.11 Å². The molecule has 0 saturated heterocycles. The average Bonchev–Trinajstić information content (AvgIpc) is 2.15. The molecule has 1 saturated carbocycles. The second-order valence-corrected chi connectivity index (χ2v) is 3.96. The Balaban J connectivity index is 2.59. The van der Waals surface area contributed by atoms with Gasteiger partial charge in [-0.1, -0.05) is 0 Å². The van der Waals surface area contributed by atoms with Crippen molar-refractivity contribution in [1.82, 2.24) is 0 Å². The number of hydrogen-bond acceptors (Lipinski definition) is 3. The van der Waals surface area contributed by atoms with Crippen LogP contribution >= 0.6 is 0 Å². The molecule has 1 aliphatic rings. The van der Waals surface area contributed by atoms with Gasteiger partial charge >= 0.3 is 12.1 Å². The highest BCUT2D eigenvalue weighted by Gasteiger charge is 2.47. The van der Waals surface area contributed by atoms with E-state index in [0.29, 0.717) is 0 Å². The van der Waals surface area contributed by atoms with E-state index in [-0.39, 0.29) is 25.7 Å². The van der Waals surface area contributed by atoms with Crippen LogP contribution in [0.5, 0.6) is 0 Å². The molecule has 0 unspecified atom stereocenters. The van der Waals surface area contributed by atoms with E-state index in [2.05, 4.69) is 4.74 Å². The predicted molar refractivity (Wildman–Crippen MR) is 46.9 cm³/mol. The fourth-order valence-corrected chi connectivity index (χ4v) is 1.87. The first kappa shape index (κ1) is 12.3. The first-order chi connectivity index (χ1) is 6.79. The Labute approximate surface area is 85.8 Å². The Morgan fingerprint density at radius 2 is 1.87 bits per heavy atom. The van der Waals surface area contributed by atoms with Gasteiger partial charge in [-0.05, 0) is 25.7 Å². The molecule has 0 bridgehead atoms. The first-order valence-electron chi connectivity index (χ1n) is 4.73. The molecular formula is C9H14F3NO2. The van der Waals surface area contributed by atoms with E-state index in [0.717, 1.165) is 0 Å². The summed E-state index contributed by atoms with van der Waals surface area (Å²) in [6.45, 7) is 0. The highest BCUT2D eigenvalue weighted by Crippen LogP contribution is 2.40. The maximum Gasteiger partial charge on any atom is 0.391 e. The van der Waals surface area contributed by atoms with Crippen LogP contribution in [0.1, 0.15) is 25.7 Å². The molecule has 88 valence electrons. The molecule has 2 N–H and O–H groups in total. The van der Waals surface area contributed by atoms with Gasteiger partial charge in [0.25, 0.3) is 0 Å². The molecule has 0 aromatic rings. The molecule has 0 spiro atoms. The lowest BCUT2D eigenvalue weighted by Gasteiger charge is -2.35. The summed E-state index contributed by atoms with van der Waals surface area (Å²) < 4.78 is 41.4. The van der Waals surface area contributed by atoms with Gasteiger partial charge in [-0.25, -0.2) is 0 Å². The zero-order valence-electron chi connectivity index (χ0n) is 8.43. The SMILES string of the molecule is COC(=O)C1(N)CCC(C(F)(F)F)CC1. The van der Waals surface area contributed by atoms with Crippen LogP contribution in [0, 0.1) is 5.92 Å². The van der Waals surface area contributed by atoms with Crippen molar-refractivity contribution in [3.63, 3.8) is 0 Å². The van der Waals surface area contributed by atoms with E-state index >= 15 is 0 Å². The number of alkyl halides is 3. The van der Waals surface area contributed by atoms with Gasteiger partial charge in [0, 0.05) is 0 Å². The van der Waals surface area contributed by atoms with Crippen LogP contribution < -0.4 is 5.73 Å². The zero-order chi connectivity index (χ0) is 11.7. The summed E-state index contributed by atoms with van der Waals surface area (Å²) in [5.41, 5.74) is 4.45. The summed E-state index contributed by atoms with van der Waals surface area (Å²) in [6, 6.07) is 0. The Morgan fingerprint density at radius 1 is 1.40 bits per heavy atom. The van der Waals surface area contributed by atoms with Crippen molar-refractivity contribution >= 4 is 5.97 Å². The second-order valence-electron chi connectivity index (χ2n) is 3.96. The van der Waals surface area contributed by atoms with Crippen molar-refractivity contribution in [2.24, 2.45) is 11.7 Å². The van der Waals surface area contributed by atoms with Gasteiger partial charge in [0.05, 0.1) is 13.0 Å². The van der Waals surface area contributed by atoms with Crippen LogP contribution in [0.4, 0.5) is 13.2 Å². The van der Waals surface area contributed by atoms with E-state index < -0.39 is 23.6 Å². The molecule has 0 aromatic heterocycles. The molecule has 0 heterocycles. The van der Waals surface area contributed by atoms with Crippen molar-refractivity contribution in [3.05, 3.63) is 0 Å². The fourth-order valence-electron chi connectivity index (χ4n) is 1.87. The normalized spacial score (nSPS) is 32.5. The summed E-state index contributed by atoms with van der Waals surface area (Å²) in [6.07, 6.45) is -4.32. The van der Waals surface area contributed by atoms with Crippen LogP contribution in [0.25, 0.3) is 0 Å². The van der Waals surface area contributed by atoms with Crippen LogP contribution in [0.2, 0.25) is 0 Å². The molecule has 0 amide bonds. The Kier molecular flexibility index (Phi) is 3.28. The summed E-state index contributed by atoms with van der Waals surface area (Å²) in [5, 5.41) is 0. The van der Waals surface area contributed by atoms with Gasteiger partial charge in [-0.2, -0.15) is 13.2 Å². The number of ether oxygens (including phenoxy) is 1. The zero-order valence-corrected chi connectivity index (χ0v) is 8.43. The number of esters is 1. The lowest BCUT2D eigenvalue weighted by Crippen LogP contribution is -2.52. The van der Waals surface area contributed by atoms with E-state index in [1.54, 1.807) is 0 Å². The third kappa shape index (κ3) is 2.62. The molecule has 0 atom stereocenters. The molecule has 1 rings (SSSR count). The smallest absolute Gasteiger partial charge is 0.391 e. The fraction of sp³-hybridized carbons (Fsp3) is 0.889. The van der Waals surface area contributed by atoms with Crippen LogP contribution in [-0.4, -0.2) is 24.8 Å². The number of carbonyl (C=O) groups is 1. The predicted octanol–water partition coefficient (Wildman–Crippen LogP) is 1.61. The number of nitrogens with two attached hydrogens (primary N) is 1. The Morgan fingerprint density at radius 3 is 2.20 bits per heavy atom. The van der Waals surface area contributed by atoms with E-state index in [9.17, 15) is 18.0 Å². The minimum atomic E-state index is -4.18. The molecule has 1 aliphatic carbocycles. The van der Waals surface area contributed by atoms with Gasteiger partial charge in [-0.3, -0.25) is 4.79 Å². The molecule has 15 heavy (non-hydrogen) atoms. The lowest BCUT2D eigenvalue weighted by molar-refractivity contribution is -0.187. The maximum absolute atomic E-state index is 12.3. The Hall–Kier alpha value is -0.780. The van der Waals surface area contributed by atoms with E-state index in [4.69, 9.17) is 5.73 Å². The highest BCUT2D eigenvalue weighted by atomic mass is 19.4.